The molecule has 1 heterocycles. The van der Waals surface area contributed by atoms with Crippen molar-refractivity contribution < 1.29 is 9.53 Å². The number of nitrogens with one attached hydrogen (secondary N) is 2. The van der Waals surface area contributed by atoms with Crippen molar-refractivity contribution in [3.63, 3.8) is 0 Å². The van der Waals surface area contributed by atoms with Gasteiger partial charge in [0.1, 0.15) is 0 Å². The zero-order chi connectivity index (χ0) is 12.3. The molecule has 2 atom stereocenters. The number of likely N-dealkylation sites (N-methyl/N-ethyl adjacent to an activating group) is 1. The minimum absolute atomic E-state index is 0.0207. The second-order valence-corrected chi connectivity index (χ2v) is 6.19. The fraction of sp³-hybridized carbons (Fsp3) is 0.917. The van der Waals surface area contributed by atoms with Gasteiger partial charge in [-0.15, -0.1) is 0 Å². The number of ether oxygens (including phenoxy) is 1. The van der Waals surface area contributed by atoms with Crippen LogP contribution < -0.4 is 10.6 Å². The van der Waals surface area contributed by atoms with Crippen LogP contribution in [0.25, 0.3) is 0 Å². The third-order valence-electron chi connectivity index (χ3n) is 3.71. The molecule has 1 saturated heterocycles. The van der Waals surface area contributed by atoms with Crippen molar-refractivity contribution in [3.8, 4) is 0 Å². The second kappa shape index (κ2) is 5.59. The highest BCUT2D eigenvalue weighted by molar-refractivity contribution is 8.00. The first-order valence-corrected chi connectivity index (χ1v) is 7.57. The molecule has 2 rings (SSSR count). The summed E-state index contributed by atoms with van der Waals surface area (Å²) in [6.07, 6.45) is 4.58. The Morgan fingerprint density at radius 3 is 2.82 bits per heavy atom. The number of hydrogen-bond donors (Lipinski definition) is 2. The topological polar surface area (TPSA) is 50.4 Å². The molecule has 17 heavy (non-hydrogen) atoms. The fourth-order valence-electron chi connectivity index (χ4n) is 2.25. The molecule has 1 aliphatic heterocycles. The van der Waals surface area contributed by atoms with E-state index in [2.05, 4.69) is 23.8 Å². The molecular formula is C12H22N2O2S. The third kappa shape index (κ3) is 3.14. The molecule has 1 aliphatic carbocycles. The summed E-state index contributed by atoms with van der Waals surface area (Å²) < 4.78 is 5.72. The van der Waals surface area contributed by atoms with Crippen LogP contribution in [0.15, 0.2) is 0 Å². The average molecular weight is 258 g/mol. The van der Waals surface area contributed by atoms with Gasteiger partial charge in [0.05, 0.1) is 19.1 Å². The molecule has 0 aromatic carbocycles. The summed E-state index contributed by atoms with van der Waals surface area (Å²) in [6, 6.07) is 0.185. The van der Waals surface area contributed by atoms with E-state index in [4.69, 9.17) is 4.74 Å². The first-order valence-electron chi connectivity index (χ1n) is 6.35. The van der Waals surface area contributed by atoms with Crippen molar-refractivity contribution in [1.29, 1.82) is 0 Å². The van der Waals surface area contributed by atoms with Crippen molar-refractivity contribution in [2.45, 2.75) is 30.6 Å². The summed E-state index contributed by atoms with van der Waals surface area (Å²) in [6.45, 7) is 4.95. The summed E-state index contributed by atoms with van der Waals surface area (Å²) in [5.41, 5.74) is 0. The van der Waals surface area contributed by atoms with Gasteiger partial charge in [-0.25, -0.2) is 0 Å². The highest BCUT2D eigenvalue weighted by Crippen LogP contribution is 2.46. The number of carbonyl (C=O) groups is 1. The SMILES string of the molecule is CCNC1COCC1C(=O)NCC1(SC)CC1. The van der Waals surface area contributed by atoms with Gasteiger partial charge in [0, 0.05) is 17.3 Å². The molecule has 1 amide bonds. The van der Waals surface area contributed by atoms with E-state index in [1.165, 1.54) is 12.8 Å². The summed E-state index contributed by atoms with van der Waals surface area (Å²) >= 11 is 1.87. The van der Waals surface area contributed by atoms with Crippen LogP contribution in [0.5, 0.6) is 0 Å². The van der Waals surface area contributed by atoms with Gasteiger partial charge in [0.25, 0.3) is 0 Å². The van der Waals surface area contributed by atoms with Gasteiger partial charge >= 0.3 is 0 Å². The number of carbonyl (C=O) groups excluding carboxylic acids is 1. The minimum atomic E-state index is -0.0207. The molecule has 98 valence electrons. The Labute approximate surface area is 107 Å². The molecule has 0 spiro atoms. The lowest BCUT2D eigenvalue weighted by Crippen LogP contribution is -2.45. The second-order valence-electron chi connectivity index (χ2n) is 4.91. The van der Waals surface area contributed by atoms with Crippen molar-refractivity contribution >= 4 is 17.7 Å². The van der Waals surface area contributed by atoms with E-state index < -0.39 is 0 Å². The van der Waals surface area contributed by atoms with Gasteiger partial charge in [0.15, 0.2) is 0 Å². The Bertz CT molecular complexity index is 282. The van der Waals surface area contributed by atoms with E-state index in [1.807, 2.05) is 11.8 Å². The monoisotopic (exact) mass is 258 g/mol. The van der Waals surface area contributed by atoms with Crippen LogP contribution in [-0.4, -0.2) is 49.3 Å². The lowest BCUT2D eigenvalue weighted by molar-refractivity contribution is -0.125. The van der Waals surface area contributed by atoms with Crippen molar-refractivity contribution in [2.75, 3.05) is 32.6 Å². The van der Waals surface area contributed by atoms with E-state index in [0.717, 1.165) is 13.1 Å². The molecule has 0 aromatic heterocycles. The number of amides is 1. The molecule has 2 unspecified atom stereocenters. The van der Waals surface area contributed by atoms with Gasteiger partial charge in [-0.3, -0.25) is 4.79 Å². The lowest BCUT2D eigenvalue weighted by atomic mass is 10.0. The van der Waals surface area contributed by atoms with Gasteiger partial charge in [0.2, 0.25) is 5.91 Å². The molecule has 5 heteroatoms. The van der Waals surface area contributed by atoms with E-state index in [-0.39, 0.29) is 17.9 Å². The standard InChI is InChI=1S/C12H22N2O2S/c1-3-13-10-7-16-6-9(10)11(15)14-8-12(17-2)4-5-12/h9-10,13H,3-8H2,1-2H3,(H,14,15). The molecule has 0 bridgehead atoms. The maximum atomic E-state index is 12.1. The third-order valence-corrected chi connectivity index (χ3v) is 5.13. The van der Waals surface area contributed by atoms with Crippen LogP contribution in [0.4, 0.5) is 0 Å². The highest BCUT2D eigenvalue weighted by Gasteiger charge is 2.43. The van der Waals surface area contributed by atoms with Gasteiger partial charge in [-0.05, 0) is 25.6 Å². The van der Waals surface area contributed by atoms with Crippen molar-refractivity contribution in [1.82, 2.24) is 10.6 Å². The van der Waals surface area contributed by atoms with Gasteiger partial charge in [-0.2, -0.15) is 11.8 Å². The van der Waals surface area contributed by atoms with E-state index in [9.17, 15) is 4.79 Å². The lowest BCUT2D eigenvalue weighted by Gasteiger charge is -2.19. The largest absolute Gasteiger partial charge is 0.379 e. The normalized spacial score (nSPS) is 30.2. The van der Waals surface area contributed by atoms with Crippen LogP contribution in [0.3, 0.4) is 0 Å². The molecule has 0 aromatic rings. The van der Waals surface area contributed by atoms with Crippen LogP contribution in [0.2, 0.25) is 0 Å². The molecule has 1 saturated carbocycles. The zero-order valence-electron chi connectivity index (χ0n) is 10.6. The average Bonchev–Trinajstić information content (AvgIpc) is 2.98. The Hall–Kier alpha value is -0.260. The quantitative estimate of drug-likeness (QED) is 0.733. The molecule has 2 aliphatic rings. The predicted octanol–water partition coefficient (Wildman–Crippen LogP) is 0.623. The first-order chi connectivity index (χ1) is 8.21. The molecule has 2 fully saturated rings. The maximum Gasteiger partial charge on any atom is 0.227 e. The number of rotatable bonds is 6. The van der Waals surface area contributed by atoms with Crippen LogP contribution >= 0.6 is 11.8 Å². The van der Waals surface area contributed by atoms with E-state index in [1.54, 1.807) is 0 Å². The van der Waals surface area contributed by atoms with Gasteiger partial charge < -0.3 is 15.4 Å². The number of hydrogen-bond acceptors (Lipinski definition) is 4. The predicted molar refractivity (Wildman–Crippen MR) is 70.3 cm³/mol. The summed E-state index contributed by atoms with van der Waals surface area (Å²) in [5, 5.41) is 6.40. The zero-order valence-corrected chi connectivity index (χ0v) is 11.4. The highest BCUT2D eigenvalue weighted by atomic mass is 32.2. The van der Waals surface area contributed by atoms with E-state index in [0.29, 0.717) is 18.0 Å². The van der Waals surface area contributed by atoms with Crippen molar-refractivity contribution in [3.05, 3.63) is 0 Å². The van der Waals surface area contributed by atoms with Crippen LogP contribution in [0, 0.1) is 5.92 Å². The van der Waals surface area contributed by atoms with Crippen LogP contribution in [-0.2, 0) is 9.53 Å². The Morgan fingerprint density at radius 1 is 1.47 bits per heavy atom. The van der Waals surface area contributed by atoms with Crippen molar-refractivity contribution in [2.24, 2.45) is 5.92 Å². The number of thioether (sulfide) groups is 1. The Morgan fingerprint density at radius 2 is 2.24 bits per heavy atom. The first kappa shape index (κ1) is 13.2. The molecule has 2 N–H and O–H groups in total. The smallest absolute Gasteiger partial charge is 0.227 e. The van der Waals surface area contributed by atoms with E-state index >= 15 is 0 Å². The molecule has 0 radical (unpaired) electrons. The summed E-state index contributed by atoms with van der Waals surface area (Å²) in [5.74, 6) is 0.126. The fourth-order valence-corrected chi connectivity index (χ4v) is 2.97. The van der Waals surface area contributed by atoms with Crippen LogP contribution in [0.1, 0.15) is 19.8 Å². The summed E-state index contributed by atoms with van der Waals surface area (Å²) in [4.78, 5) is 12.1. The Kier molecular flexibility index (Phi) is 4.33. The summed E-state index contributed by atoms with van der Waals surface area (Å²) in [7, 11) is 0. The maximum absolute atomic E-state index is 12.1. The van der Waals surface area contributed by atoms with Gasteiger partial charge in [-0.1, -0.05) is 6.92 Å². The Balaban J connectivity index is 1.78. The molecular weight excluding hydrogens is 236 g/mol. The molecule has 4 nitrogen and oxygen atoms in total. The minimum Gasteiger partial charge on any atom is -0.379 e.